The molecule has 7 heteroatoms. The molecule has 0 bridgehead atoms. The molecule has 6 nitrogen and oxygen atoms in total. The Kier molecular flexibility index (Phi) is 6.05. The number of rotatable bonds is 4. The Morgan fingerprint density at radius 2 is 2.00 bits per heavy atom. The van der Waals surface area contributed by atoms with Crippen LogP contribution in [0.15, 0.2) is 24.3 Å². The van der Waals surface area contributed by atoms with Crippen LogP contribution in [-0.4, -0.2) is 62.0 Å². The van der Waals surface area contributed by atoms with Crippen molar-refractivity contribution in [1.29, 1.82) is 0 Å². The molecule has 1 atom stereocenters. The lowest BCUT2D eigenvalue weighted by atomic mass is 9.75. The number of carbonyl (C=O) groups excluding carboxylic acids is 2. The van der Waals surface area contributed by atoms with Gasteiger partial charge in [-0.1, -0.05) is 38.1 Å². The minimum Gasteiger partial charge on any atom is -0.378 e. The number of ether oxygens (including phenoxy) is 1. The second-order valence-electron chi connectivity index (χ2n) is 10.4. The van der Waals surface area contributed by atoms with Gasteiger partial charge in [-0.3, -0.25) is 9.59 Å². The van der Waals surface area contributed by atoms with Gasteiger partial charge >= 0.3 is 0 Å². The first-order chi connectivity index (χ1) is 15.8. The van der Waals surface area contributed by atoms with Crippen LogP contribution in [0.4, 0.5) is 5.00 Å². The second kappa shape index (κ2) is 8.85. The highest BCUT2D eigenvalue weighted by molar-refractivity contribution is 7.19. The summed E-state index contributed by atoms with van der Waals surface area (Å²) in [6.45, 7) is 8.82. The summed E-state index contributed by atoms with van der Waals surface area (Å²) in [5.74, 6) is 0.390. The number of nitrogens with two attached hydrogens (primary N) is 1. The van der Waals surface area contributed by atoms with Crippen LogP contribution < -0.4 is 10.6 Å². The first-order valence-corrected chi connectivity index (χ1v) is 12.8. The van der Waals surface area contributed by atoms with E-state index in [1.54, 1.807) is 11.3 Å². The average molecular weight is 468 g/mol. The minimum absolute atomic E-state index is 0.0513. The van der Waals surface area contributed by atoms with E-state index in [4.69, 9.17) is 10.5 Å². The van der Waals surface area contributed by atoms with Crippen molar-refractivity contribution in [2.45, 2.75) is 45.6 Å². The zero-order valence-electron chi connectivity index (χ0n) is 19.6. The SMILES string of the molecule is CC1(C)CC(=O)c2sc(N3CCOCC3)c(-c3cccc(CC(=O)N4CC[C@H](N)C4)c3)c2C1. The van der Waals surface area contributed by atoms with Crippen LogP contribution in [0, 0.1) is 5.41 Å². The van der Waals surface area contributed by atoms with Gasteiger partial charge in [0, 0.05) is 44.2 Å². The van der Waals surface area contributed by atoms with Crippen LogP contribution in [0.5, 0.6) is 0 Å². The topological polar surface area (TPSA) is 75.9 Å². The van der Waals surface area contributed by atoms with Gasteiger partial charge in [0.2, 0.25) is 5.91 Å². The number of hydrogen-bond donors (Lipinski definition) is 1. The molecule has 176 valence electrons. The molecule has 1 aromatic carbocycles. The van der Waals surface area contributed by atoms with Gasteiger partial charge in [0.1, 0.15) is 0 Å². The van der Waals surface area contributed by atoms with E-state index in [9.17, 15) is 9.59 Å². The number of amides is 1. The summed E-state index contributed by atoms with van der Waals surface area (Å²) in [4.78, 5) is 31.1. The van der Waals surface area contributed by atoms with Gasteiger partial charge in [-0.05, 0) is 34.9 Å². The molecule has 5 rings (SSSR count). The third-order valence-corrected chi connectivity index (χ3v) is 8.32. The number of likely N-dealkylation sites (tertiary alicyclic amines) is 1. The third kappa shape index (κ3) is 4.59. The summed E-state index contributed by atoms with van der Waals surface area (Å²) in [5.41, 5.74) is 10.4. The summed E-state index contributed by atoms with van der Waals surface area (Å²) in [6, 6.07) is 8.43. The molecule has 1 aliphatic carbocycles. The minimum atomic E-state index is -0.0513. The number of carbonyl (C=O) groups is 2. The van der Waals surface area contributed by atoms with Crippen LogP contribution in [0.1, 0.15) is 47.5 Å². The molecule has 0 saturated carbocycles. The molecule has 0 spiro atoms. The first-order valence-electron chi connectivity index (χ1n) is 11.9. The molecule has 2 fully saturated rings. The Morgan fingerprint density at radius 3 is 2.73 bits per heavy atom. The predicted molar refractivity (Wildman–Crippen MR) is 132 cm³/mol. The lowest BCUT2D eigenvalue weighted by Crippen LogP contribution is -2.36. The maximum absolute atomic E-state index is 13.1. The fraction of sp³-hybridized carbons (Fsp3) is 0.538. The van der Waals surface area contributed by atoms with E-state index in [0.717, 1.165) is 48.5 Å². The van der Waals surface area contributed by atoms with E-state index >= 15 is 0 Å². The van der Waals surface area contributed by atoms with Crippen LogP contribution in [0.2, 0.25) is 0 Å². The van der Waals surface area contributed by atoms with Gasteiger partial charge < -0.3 is 20.3 Å². The summed E-state index contributed by atoms with van der Waals surface area (Å²) in [7, 11) is 0. The maximum Gasteiger partial charge on any atom is 0.227 e. The Morgan fingerprint density at radius 1 is 1.21 bits per heavy atom. The van der Waals surface area contributed by atoms with Crippen molar-refractivity contribution >= 4 is 28.0 Å². The van der Waals surface area contributed by atoms with Crippen molar-refractivity contribution in [3.63, 3.8) is 0 Å². The lowest BCUT2D eigenvalue weighted by Gasteiger charge is -2.30. The first kappa shape index (κ1) is 22.6. The number of ketones is 1. The normalized spacial score (nSPS) is 22.5. The molecule has 3 heterocycles. The monoisotopic (exact) mass is 467 g/mol. The van der Waals surface area contributed by atoms with Crippen molar-refractivity contribution in [3.8, 4) is 11.1 Å². The Hall–Kier alpha value is -2.22. The number of morpholine rings is 1. The van der Waals surface area contributed by atoms with Gasteiger partial charge in [0.25, 0.3) is 0 Å². The number of anilines is 1. The Labute approximate surface area is 199 Å². The lowest BCUT2D eigenvalue weighted by molar-refractivity contribution is -0.129. The third-order valence-electron chi connectivity index (χ3n) is 6.98. The number of thiophene rings is 1. The number of Topliss-reactive ketones (excluding diaryl/α,β-unsaturated/α-hetero) is 1. The molecule has 2 saturated heterocycles. The van der Waals surface area contributed by atoms with E-state index in [1.807, 2.05) is 17.0 Å². The van der Waals surface area contributed by atoms with E-state index in [1.165, 1.54) is 16.1 Å². The molecule has 3 aliphatic rings. The van der Waals surface area contributed by atoms with Crippen molar-refractivity contribution in [2.24, 2.45) is 11.1 Å². The van der Waals surface area contributed by atoms with Gasteiger partial charge in [-0.25, -0.2) is 0 Å². The van der Waals surface area contributed by atoms with Crippen LogP contribution >= 0.6 is 11.3 Å². The molecular weight excluding hydrogens is 434 g/mol. The largest absolute Gasteiger partial charge is 0.378 e. The number of benzene rings is 1. The van der Waals surface area contributed by atoms with E-state index in [0.29, 0.717) is 32.6 Å². The second-order valence-corrected chi connectivity index (χ2v) is 11.4. The highest BCUT2D eigenvalue weighted by atomic mass is 32.1. The fourth-order valence-corrected chi connectivity index (χ4v) is 6.66. The smallest absolute Gasteiger partial charge is 0.227 e. The van der Waals surface area contributed by atoms with Crippen molar-refractivity contribution in [3.05, 3.63) is 40.3 Å². The Bertz CT molecular complexity index is 1070. The summed E-state index contributed by atoms with van der Waals surface area (Å²) in [5, 5.41) is 1.17. The number of fused-ring (bicyclic) bond motifs is 1. The van der Waals surface area contributed by atoms with Crippen molar-refractivity contribution in [2.75, 3.05) is 44.3 Å². The maximum atomic E-state index is 13.1. The van der Waals surface area contributed by atoms with E-state index in [2.05, 4.69) is 30.9 Å². The Balaban J connectivity index is 1.52. The molecule has 33 heavy (non-hydrogen) atoms. The van der Waals surface area contributed by atoms with E-state index < -0.39 is 0 Å². The predicted octanol–water partition coefficient (Wildman–Crippen LogP) is 3.51. The van der Waals surface area contributed by atoms with Gasteiger partial charge in [-0.15, -0.1) is 11.3 Å². The molecule has 1 aromatic heterocycles. The summed E-state index contributed by atoms with van der Waals surface area (Å²) >= 11 is 1.64. The average Bonchev–Trinajstić information content (AvgIpc) is 3.38. The van der Waals surface area contributed by atoms with Crippen LogP contribution in [-0.2, 0) is 22.4 Å². The zero-order chi connectivity index (χ0) is 23.2. The standard InChI is InChI=1S/C26H33N3O3S/c1-26(2)14-20-23(25(28-8-10-32-11-9-28)33-24(20)21(30)15-26)18-5-3-4-17(12-18)13-22(31)29-7-6-19(27)16-29/h3-5,12,19H,6-11,13-16,27H2,1-2H3/t19-/m0/s1. The van der Waals surface area contributed by atoms with Crippen molar-refractivity contribution < 1.29 is 14.3 Å². The molecule has 0 radical (unpaired) electrons. The zero-order valence-corrected chi connectivity index (χ0v) is 20.4. The highest BCUT2D eigenvalue weighted by Gasteiger charge is 2.37. The van der Waals surface area contributed by atoms with Gasteiger partial charge in [0.15, 0.2) is 5.78 Å². The number of nitrogens with zero attached hydrogens (tertiary/aromatic N) is 2. The highest BCUT2D eigenvalue weighted by Crippen LogP contribution is 2.49. The molecule has 0 unspecified atom stereocenters. The van der Waals surface area contributed by atoms with Crippen LogP contribution in [0.3, 0.4) is 0 Å². The van der Waals surface area contributed by atoms with E-state index in [-0.39, 0.29) is 23.1 Å². The number of hydrogen-bond acceptors (Lipinski definition) is 6. The molecule has 2 N–H and O–H groups in total. The molecule has 2 aromatic rings. The van der Waals surface area contributed by atoms with Gasteiger partial charge in [0.05, 0.1) is 29.5 Å². The quantitative estimate of drug-likeness (QED) is 0.745. The molecular formula is C26H33N3O3S. The van der Waals surface area contributed by atoms with Crippen LogP contribution in [0.25, 0.3) is 11.1 Å². The molecule has 1 amide bonds. The summed E-state index contributed by atoms with van der Waals surface area (Å²) in [6.07, 6.45) is 2.73. The fourth-order valence-electron chi connectivity index (χ4n) is 5.33. The van der Waals surface area contributed by atoms with Gasteiger partial charge in [-0.2, -0.15) is 0 Å². The van der Waals surface area contributed by atoms with Crippen molar-refractivity contribution in [1.82, 2.24) is 4.90 Å². The summed E-state index contributed by atoms with van der Waals surface area (Å²) < 4.78 is 5.59. The molecule has 2 aliphatic heterocycles.